The van der Waals surface area contributed by atoms with Gasteiger partial charge in [0.05, 0.1) is 6.10 Å². The third-order valence-electron chi connectivity index (χ3n) is 2.45. The lowest BCUT2D eigenvalue weighted by Gasteiger charge is -2.08. The number of anilines is 1. The van der Waals surface area contributed by atoms with Crippen LogP contribution in [-0.4, -0.2) is 35.2 Å². The Hall–Kier alpha value is -0.330. The zero-order valence-corrected chi connectivity index (χ0v) is 11.9. The zero-order chi connectivity index (χ0) is 12.1. The van der Waals surface area contributed by atoms with E-state index in [0.717, 1.165) is 34.8 Å². The van der Waals surface area contributed by atoms with Gasteiger partial charge in [-0.15, -0.1) is 10.2 Å². The van der Waals surface area contributed by atoms with Crippen molar-refractivity contribution in [3.05, 3.63) is 0 Å². The second-order valence-corrected chi connectivity index (χ2v) is 6.84. The van der Waals surface area contributed by atoms with Crippen molar-refractivity contribution in [1.29, 1.82) is 0 Å². The predicted octanol–water partition coefficient (Wildman–Crippen LogP) is 2.88. The van der Waals surface area contributed by atoms with Gasteiger partial charge in [-0.05, 0) is 18.8 Å². The summed E-state index contributed by atoms with van der Waals surface area (Å²) in [6.07, 6.45) is 2.68. The third-order valence-corrected chi connectivity index (χ3v) is 4.89. The van der Waals surface area contributed by atoms with E-state index >= 15 is 0 Å². The van der Waals surface area contributed by atoms with Crippen LogP contribution >= 0.6 is 23.1 Å². The predicted molar refractivity (Wildman–Crippen MR) is 72.9 cm³/mol. The second kappa shape index (κ2) is 6.56. The Kier molecular flexibility index (Phi) is 5.06. The van der Waals surface area contributed by atoms with E-state index in [1.807, 2.05) is 0 Å². The number of ether oxygens (including phenoxy) is 1. The first-order valence-corrected chi connectivity index (χ1v) is 7.86. The number of nitrogens with one attached hydrogen (secondary N) is 1. The molecule has 1 fully saturated rings. The van der Waals surface area contributed by atoms with Gasteiger partial charge in [-0.25, -0.2) is 0 Å². The molecule has 0 aliphatic carbocycles. The molecule has 2 heterocycles. The number of hydrogen-bond acceptors (Lipinski definition) is 6. The Morgan fingerprint density at radius 2 is 2.41 bits per heavy atom. The molecule has 2 rings (SSSR count). The van der Waals surface area contributed by atoms with E-state index in [4.69, 9.17) is 4.74 Å². The number of aromatic nitrogens is 2. The molecule has 1 aromatic heterocycles. The third kappa shape index (κ3) is 4.44. The first kappa shape index (κ1) is 13.1. The van der Waals surface area contributed by atoms with E-state index < -0.39 is 0 Å². The van der Waals surface area contributed by atoms with Crippen molar-refractivity contribution < 1.29 is 4.74 Å². The summed E-state index contributed by atoms with van der Waals surface area (Å²) < 4.78 is 6.60. The van der Waals surface area contributed by atoms with Crippen molar-refractivity contribution in [3.8, 4) is 0 Å². The highest BCUT2D eigenvalue weighted by atomic mass is 32.2. The van der Waals surface area contributed by atoms with Crippen LogP contribution in [0.2, 0.25) is 0 Å². The molecule has 6 heteroatoms. The van der Waals surface area contributed by atoms with Crippen molar-refractivity contribution in [3.63, 3.8) is 0 Å². The molecule has 0 saturated carbocycles. The van der Waals surface area contributed by atoms with Crippen molar-refractivity contribution in [2.24, 2.45) is 5.92 Å². The molecule has 0 bridgehead atoms. The van der Waals surface area contributed by atoms with Crippen LogP contribution in [0.15, 0.2) is 4.34 Å². The van der Waals surface area contributed by atoms with E-state index in [0.29, 0.717) is 12.0 Å². The summed E-state index contributed by atoms with van der Waals surface area (Å²) in [5.74, 6) is 1.78. The first-order valence-electron chi connectivity index (χ1n) is 6.06. The maximum Gasteiger partial charge on any atom is 0.206 e. The van der Waals surface area contributed by atoms with Gasteiger partial charge >= 0.3 is 0 Å². The van der Waals surface area contributed by atoms with Gasteiger partial charge in [0.25, 0.3) is 0 Å². The minimum Gasteiger partial charge on any atom is -0.376 e. The molecule has 1 N–H and O–H groups in total. The number of thioether (sulfide) groups is 1. The number of hydrogen-bond donors (Lipinski definition) is 1. The normalized spacial score (nSPS) is 20.1. The topological polar surface area (TPSA) is 47.0 Å². The Bertz CT molecular complexity index is 337. The van der Waals surface area contributed by atoms with Crippen LogP contribution in [0.25, 0.3) is 0 Å². The average Bonchev–Trinajstić information content (AvgIpc) is 2.95. The lowest BCUT2D eigenvalue weighted by molar-refractivity contribution is 0.120. The molecular weight excluding hydrogens is 254 g/mol. The molecule has 4 nitrogen and oxygen atoms in total. The summed E-state index contributed by atoms with van der Waals surface area (Å²) >= 11 is 3.41. The van der Waals surface area contributed by atoms with Crippen LogP contribution in [0, 0.1) is 5.92 Å². The van der Waals surface area contributed by atoms with Crippen LogP contribution in [0.4, 0.5) is 5.13 Å². The Balaban J connectivity index is 1.73. The summed E-state index contributed by atoms with van der Waals surface area (Å²) in [6, 6.07) is 0. The Morgan fingerprint density at radius 3 is 3.12 bits per heavy atom. The van der Waals surface area contributed by atoms with Crippen LogP contribution in [0.1, 0.15) is 26.7 Å². The van der Waals surface area contributed by atoms with Gasteiger partial charge in [0.2, 0.25) is 5.13 Å². The molecule has 1 aromatic rings. The Labute approximate surface area is 111 Å². The summed E-state index contributed by atoms with van der Waals surface area (Å²) in [5.41, 5.74) is 0. The molecule has 0 aromatic carbocycles. The summed E-state index contributed by atoms with van der Waals surface area (Å²) in [6.45, 7) is 6.18. The minimum absolute atomic E-state index is 0.352. The van der Waals surface area contributed by atoms with Crippen molar-refractivity contribution in [2.75, 3.05) is 24.2 Å². The first-order chi connectivity index (χ1) is 8.24. The lowest BCUT2D eigenvalue weighted by atomic mass is 10.2. The fraction of sp³-hybridized carbons (Fsp3) is 0.818. The highest BCUT2D eigenvalue weighted by Gasteiger charge is 2.15. The molecule has 1 atom stereocenters. The quantitative estimate of drug-likeness (QED) is 0.808. The molecule has 1 aliphatic rings. The fourth-order valence-corrected chi connectivity index (χ4v) is 3.32. The standard InChI is InChI=1S/C11H19N3OS2/c1-8(2)7-16-11-14-13-10(17-11)12-6-9-4-3-5-15-9/h8-9H,3-7H2,1-2H3,(H,12,13)/t9-/m1/s1. The van der Waals surface area contributed by atoms with E-state index in [-0.39, 0.29) is 0 Å². The van der Waals surface area contributed by atoms with Gasteiger partial charge in [-0.2, -0.15) is 0 Å². The highest BCUT2D eigenvalue weighted by Crippen LogP contribution is 2.27. The maximum absolute atomic E-state index is 5.55. The summed E-state index contributed by atoms with van der Waals surface area (Å²) in [4.78, 5) is 0. The van der Waals surface area contributed by atoms with Crippen molar-refractivity contribution in [1.82, 2.24) is 10.2 Å². The van der Waals surface area contributed by atoms with Gasteiger partial charge in [-0.1, -0.05) is 36.9 Å². The molecule has 1 saturated heterocycles. The molecule has 96 valence electrons. The largest absolute Gasteiger partial charge is 0.376 e. The van der Waals surface area contributed by atoms with E-state index in [2.05, 4.69) is 29.4 Å². The van der Waals surface area contributed by atoms with Crippen molar-refractivity contribution in [2.45, 2.75) is 37.1 Å². The SMILES string of the molecule is CC(C)CSc1nnc(NC[C@H]2CCCO2)s1. The molecule has 0 amide bonds. The molecule has 0 spiro atoms. The van der Waals surface area contributed by atoms with Crippen LogP contribution in [-0.2, 0) is 4.74 Å². The second-order valence-electron chi connectivity index (χ2n) is 4.59. The maximum atomic E-state index is 5.55. The molecule has 0 unspecified atom stereocenters. The van der Waals surface area contributed by atoms with Crippen molar-refractivity contribution >= 4 is 28.2 Å². The van der Waals surface area contributed by atoms with Gasteiger partial charge in [-0.3, -0.25) is 0 Å². The summed E-state index contributed by atoms with van der Waals surface area (Å²) in [7, 11) is 0. The number of rotatable bonds is 6. The lowest BCUT2D eigenvalue weighted by Crippen LogP contribution is -2.18. The smallest absolute Gasteiger partial charge is 0.206 e. The molecule has 17 heavy (non-hydrogen) atoms. The molecule has 1 aliphatic heterocycles. The van der Waals surface area contributed by atoms with Gasteiger partial charge < -0.3 is 10.1 Å². The fourth-order valence-electron chi connectivity index (χ4n) is 1.58. The zero-order valence-electron chi connectivity index (χ0n) is 10.3. The summed E-state index contributed by atoms with van der Waals surface area (Å²) in [5, 5.41) is 12.5. The van der Waals surface area contributed by atoms with Crippen LogP contribution in [0.3, 0.4) is 0 Å². The van der Waals surface area contributed by atoms with Crippen LogP contribution in [0.5, 0.6) is 0 Å². The highest BCUT2D eigenvalue weighted by molar-refractivity contribution is 8.01. The number of nitrogens with zero attached hydrogens (tertiary/aromatic N) is 2. The monoisotopic (exact) mass is 273 g/mol. The van der Waals surface area contributed by atoms with E-state index in [1.165, 1.54) is 6.42 Å². The van der Waals surface area contributed by atoms with Gasteiger partial charge in [0.1, 0.15) is 0 Å². The van der Waals surface area contributed by atoms with Crippen LogP contribution < -0.4 is 5.32 Å². The average molecular weight is 273 g/mol. The van der Waals surface area contributed by atoms with Gasteiger partial charge in [0.15, 0.2) is 4.34 Å². The van der Waals surface area contributed by atoms with E-state index in [9.17, 15) is 0 Å². The molecule has 0 radical (unpaired) electrons. The van der Waals surface area contributed by atoms with E-state index in [1.54, 1.807) is 23.1 Å². The molecular formula is C11H19N3OS2. The van der Waals surface area contributed by atoms with Gasteiger partial charge in [0, 0.05) is 18.9 Å². The minimum atomic E-state index is 0.352. The Morgan fingerprint density at radius 1 is 1.53 bits per heavy atom.